The van der Waals surface area contributed by atoms with E-state index in [9.17, 15) is 0 Å². The molecule has 0 rings (SSSR count). The molecule has 0 heterocycles. The summed E-state index contributed by atoms with van der Waals surface area (Å²) >= 11 is 0. The maximum atomic E-state index is 8.32. The highest BCUT2D eigenvalue weighted by atomic mass is 14.8. The van der Waals surface area contributed by atoms with Crippen molar-refractivity contribution in [1.29, 1.82) is 5.26 Å². The number of nitrogens with one attached hydrogen (secondary N) is 1. The highest BCUT2D eigenvalue weighted by molar-refractivity contribution is 4.68. The Morgan fingerprint density at radius 2 is 1.71 bits per heavy atom. The van der Waals surface area contributed by atoms with Gasteiger partial charge in [0.15, 0.2) is 0 Å². The Morgan fingerprint density at radius 3 is 2.29 bits per heavy atom. The first-order valence-corrected chi connectivity index (χ1v) is 5.85. The fraction of sp³-hybridized carbons (Fsp3) is 0.917. The molecule has 0 saturated carbocycles. The molecule has 0 amide bonds. The van der Waals surface area contributed by atoms with Gasteiger partial charge in [-0.1, -0.05) is 26.7 Å². The Balaban J connectivity index is 2.89. The standard InChI is InChI=1S/C12H24N2/c1-12(2)8-4-7-11-14-10-6-3-5-9-13/h12,14H,3-8,10-11H2,1-2H3. The zero-order valence-electron chi connectivity index (χ0n) is 9.68. The number of hydrogen-bond donors (Lipinski definition) is 1. The fourth-order valence-corrected chi connectivity index (χ4v) is 1.38. The second-order valence-electron chi connectivity index (χ2n) is 4.25. The van der Waals surface area contributed by atoms with E-state index >= 15 is 0 Å². The van der Waals surface area contributed by atoms with Crippen molar-refractivity contribution in [3.8, 4) is 6.07 Å². The smallest absolute Gasteiger partial charge is 0.0621 e. The molecule has 2 nitrogen and oxygen atoms in total. The van der Waals surface area contributed by atoms with Gasteiger partial charge in [-0.15, -0.1) is 0 Å². The van der Waals surface area contributed by atoms with Gasteiger partial charge in [0.1, 0.15) is 0 Å². The minimum Gasteiger partial charge on any atom is -0.317 e. The second kappa shape index (κ2) is 10.5. The van der Waals surface area contributed by atoms with E-state index in [-0.39, 0.29) is 0 Å². The molecule has 0 aliphatic heterocycles. The molecule has 0 aliphatic rings. The van der Waals surface area contributed by atoms with Crippen molar-refractivity contribution in [3.63, 3.8) is 0 Å². The number of hydrogen-bond acceptors (Lipinski definition) is 2. The topological polar surface area (TPSA) is 35.8 Å². The molecule has 0 aliphatic carbocycles. The summed E-state index contributed by atoms with van der Waals surface area (Å²) in [5.74, 6) is 0.839. The summed E-state index contributed by atoms with van der Waals surface area (Å²) in [6.07, 6.45) is 6.84. The van der Waals surface area contributed by atoms with Gasteiger partial charge >= 0.3 is 0 Å². The summed E-state index contributed by atoms with van der Waals surface area (Å²) in [4.78, 5) is 0. The molecule has 0 bridgehead atoms. The molecular weight excluding hydrogens is 172 g/mol. The second-order valence-corrected chi connectivity index (χ2v) is 4.25. The summed E-state index contributed by atoms with van der Waals surface area (Å²) in [5.41, 5.74) is 0. The van der Waals surface area contributed by atoms with Gasteiger partial charge in [0.25, 0.3) is 0 Å². The SMILES string of the molecule is CC(C)CCCCNCCCCC#N. The monoisotopic (exact) mass is 196 g/mol. The molecule has 0 fully saturated rings. The van der Waals surface area contributed by atoms with Crippen LogP contribution in [0.1, 0.15) is 52.4 Å². The van der Waals surface area contributed by atoms with Gasteiger partial charge in [-0.25, -0.2) is 0 Å². The van der Waals surface area contributed by atoms with Crippen LogP contribution in [0.3, 0.4) is 0 Å². The quantitative estimate of drug-likeness (QED) is 0.575. The van der Waals surface area contributed by atoms with E-state index in [1.807, 2.05) is 0 Å². The van der Waals surface area contributed by atoms with Crippen LogP contribution in [0.15, 0.2) is 0 Å². The van der Waals surface area contributed by atoms with Crippen LogP contribution in [0.5, 0.6) is 0 Å². The summed E-state index contributed by atoms with van der Waals surface area (Å²) in [6.45, 7) is 6.76. The van der Waals surface area contributed by atoms with Crippen LogP contribution in [0.4, 0.5) is 0 Å². The molecule has 82 valence electrons. The highest BCUT2D eigenvalue weighted by Gasteiger charge is 1.93. The van der Waals surface area contributed by atoms with Crippen LogP contribution in [-0.4, -0.2) is 13.1 Å². The Hall–Kier alpha value is -0.550. The maximum absolute atomic E-state index is 8.32. The Bertz CT molecular complexity index is 147. The molecule has 0 unspecified atom stereocenters. The van der Waals surface area contributed by atoms with Crippen LogP contribution in [-0.2, 0) is 0 Å². The zero-order valence-corrected chi connectivity index (χ0v) is 9.68. The first-order chi connectivity index (χ1) is 6.77. The lowest BCUT2D eigenvalue weighted by Crippen LogP contribution is -2.16. The molecular formula is C12H24N2. The van der Waals surface area contributed by atoms with Crippen molar-refractivity contribution in [2.24, 2.45) is 5.92 Å². The first kappa shape index (κ1) is 13.4. The summed E-state index contributed by atoms with van der Waals surface area (Å²) in [6, 6.07) is 2.16. The van der Waals surface area contributed by atoms with Crippen LogP contribution in [0.25, 0.3) is 0 Å². The van der Waals surface area contributed by atoms with Crippen molar-refractivity contribution >= 4 is 0 Å². The average Bonchev–Trinajstić information content (AvgIpc) is 2.15. The number of rotatable bonds is 9. The van der Waals surface area contributed by atoms with Crippen LogP contribution in [0.2, 0.25) is 0 Å². The van der Waals surface area contributed by atoms with Crippen molar-refractivity contribution in [1.82, 2.24) is 5.32 Å². The van der Waals surface area contributed by atoms with Gasteiger partial charge < -0.3 is 5.32 Å². The third-order valence-corrected chi connectivity index (χ3v) is 2.28. The molecule has 14 heavy (non-hydrogen) atoms. The molecule has 0 radical (unpaired) electrons. The van der Waals surface area contributed by atoms with E-state index in [1.165, 1.54) is 19.3 Å². The van der Waals surface area contributed by atoms with Crippen LogP contribution >= 0.6 is 0 Å². The van der Waals surface area contributed by atoms with Gasteiger partial charge in [-0.05, 0) is 38.3 Å². The third kappa shape index (κ3) is 11.4. The van der Waals surface area contributed by atoms with E-state index in [2.05, 4.69) is 25.2 Å². The van der Waals surface area contributed by atoms with E-state index < -0.39 is 0 Å². The van der Waals surface area contributed by atoms with Gasteiger partial charge in [0, 0.05) is 6.42 Å². The number of nitriles is 1. The predicted molar refractivity (Wildman–Crippen MR) is 61.0 cm³/mol. The highest BCUT2D eigenvalue weighted by Crippen LogP contribution is 2.05. The minimum absolute atomic E-state index is 0.703. The summed E-state index contributed by atoms with van der Waals surface area (Å²) in [7, 11) is 0. The Morgan fingerprint density at radius 1 is 1.07 bits per heavy atom. The Kier molecular flexibility index (Phi) is 10.1. The van der Waals surface area contributed by atoms with E-state index in [1.54, 1.807) is 0 Å². The molecule has 1 N–H and O–H groups in total. The van der Waals surface area contributed by atoms with Gasteiger partial charge in [0.2, 0.25) is 0 Å². The third-order valence-electron chi connectivity index (χ3n) is 2.28. The van der Waals surface area contributed by atoms with Crippen LogP contribution in [0, 0.1) is 17.2 Å². The minimum atomic E-state index is 0.703. The fourth-order valence-electron chi connectivity index (χ4n) is 1.38. The number of unbranched alkanes of at least 4 members (excludes halogenated alkanes) is 3. The van der Waals surface area contributed by atoms with E-state index in [0.29, 0.717) is 6.42 Å². The van der Waals surface area contributed by atoms with Crippen molar-refractivity contribution < 1.29 is 0 Å². The van der Waals surface area contributed by atoms with Crippen molar-refractivity contribution in [2.75, 3.05) is 13.1 Å². The lowest BCUT2D eigenvalue weighted by Gasteiger charge is -2.05. The molecule has 0 spiro atoms. The maximum Gasteiger partial charge on any atom is 0.0621 e. The predicted octanol–water partition coefficient (Wildman–Crippen LogP) is 3.10. The van der Waals surface area contributed by atoms with E-state index in [0.717, 1.165) is 31.8 Å². The summed E-state index contributed by atoms with van der Waals surface area (Å²) in [5, 5.41) is 11.7. The van der Waals surface area contributed by atoms with Crippen molar-refractivity contribution in [3.05, 3.63) is 0 Å². The van der Waals surface area contributed by atoms with Gasteiger partial charge in [-0.3, -0.25) is 0 Å². The molecule has 2 heteroatoms. The lowest BCUT2D eigenvalue weighted by molar-refractivity contribution is 0.516. The van der Waals surface area contributed by atoms with Crippen molar-refractivity contribution in [2.45, 2.75) is 52.4 Å². The molecule has 0 aromatic heterocycles. The Labute approximate surface area is 88.7 Å². The van der Waals surface area contributed by atoms with E-state index in [4.69, 9.17) is 5.26 Å². The largest absolute Gasteiger partial charge is 0.317 e. The molecule has 0 atom stereocenters. The average molecular weight is 196 g/mol. The van der Waals surface area contributed by atoms with Gasteiger partial charge in [-0.2, -0.15) is 5.26 Å². The summed E-state index contributed by atoms with van der Waals surface area (Å²) < 4.78 is 0. The normalized spacial score (nSPS) is 10.4. The first-order valence-electron chi connectivity index (χ1n) is 5.85. The molecule has 0 aromatic carbocycles. The number of nitrogens with zero attached hydrogens (tertiary/aromatic N) is 1. The molecule has 0 aromatic rings. The van der Waals surface area contributed by atoms with Crippen LogP contribution < -0.4 is 5.32 Å². The van der Waals surface area contributed by atoms with Gasteiger partial charge in [0.05, 0.1) is 6.07 Å². The zero-order chi connectivity index (χ0) is 10.6. The lowest BCUT2D eigenvalue weighted by atomic mass is 10.1. The molecule has 0 saturated heterocycles.